The first kappa shape index (κ1) is 19.6. The van der Waals surface area contributed by atoms with Crippen molar-refractivity contribution in [3.05, 3.63) is 73.1 Å². The van der Waals surface area contributed by atoms with E-state index in [0.29, 0.717) is 16.5 Å². The van der Waals surface area contributed by atoms with Gasteiger partial charge in [0.1, 0.15) is 11.0 Å². The minimum Gasteiger partial charge on any atom is -0.497 e. The van der Waals surface area contributed by atoms with Crippen LogP contribution in [0.3, 0.4) is 0 Å². The number of imide groups is 1. The summed E-state index contributed by atoms with van der Waals surface area (Å²) in [5.41, 5.74) is 1.43. The molecule has 5 rings (SSSR count). The average Bonchev–Trinajstić information content (AvgIpc) is 3.24. The molecule has 2 amide bonds. The number of methoxy groups -OCH3 is 1. The molecule has 3 atom stereocenters. The molecule has 1 aromatic heterocycles. The van der Waals surface area contributed by atoms with Crippen LogP contribution in [0.1, 0.15) is 16.4 Å². The Labute approximate surface area is 188 Å². The third kappa shape index (κ3) is 3.03. The summed E-state index contributed by atoms with van der Waals surface area (Å²) in [4.78, 5) is 43.7. The molecule has 0 saturated carbocycles. The molecule has 2 aliphatic heterocycles. The molecule has 2 aliphatic rings. The van der Waals surface area contributed by atoms with Gasteiger partial charge in [0.25, 0.3) is 0 Å². The lowest BCUT2D eigenvalue weighted by Crippen LogP contribution is -2.32. The summed E-state index contributed by atoms with van der Waals surface area (Å²) >= 11 is 5.82. The van der Waals surface area contributed by atoms with Gasteiger partial charge in [-0.05, 0) is 42.0 Å². The van der Waals surface area contributed by atoms with E-state index in [1.54, 1.807) is 31.4 Å². The molecule has 0 unspecified atom stereocenters. The van der Waals surface area contributed by atoms with Crippen LogP contribution in [0.2, 0.25) is 0 Å². The van der Waals surface area contributed by atoms with Gasteiger partial charge in [0.15, 0.2) is 0 Å². The summed E-state index contributed by atoms with van der Waals surface area (Å²) in [6.07, 6.45) is 0. The summed E-state index contributed by atoms with van der Waals surface area (Å²) in [5.74, 6) is -0.799. The highest BCUT2D eigenvalue weighted by molar-refractivity contribution is 9.10. The zero-order valence-electron chi connectivity index (χ0n) is 15.6. The van der Waals surface area contributed by atoms with Crippen LogP contribution in [0.15, 0.2) is 62.8 Å². The number of nitrogens with one attached hydrogen (secondary N) is 1. The molecule has 2 aromatic carbocycles. The van der Waals surface area contributed by atoms with E-state index in [-0.39, 0.29) is 22.6 Å². The number of aromatic nitrogens is 1. The predicted octanol–water partition coefficient (Wildman–Crippen LogP) is 4.00. The highest BCUT2D eigenvalue weighted by atomic mass is 79.9. The summed E-state index contributed by atoms with van der Waals surface area (Å²) < 4.78 is 6.10. The Hall–Kier alpha value is -2.36. The van der Waals surface area contributed by atoms with Crippen LogP contribution in [0.25, 0.3) is 0 Å². The fourth-order valence-corrected chi connectivity index (χ4v) is 6.81. The number of H-pyrrole nitrogens is 1. The van der Waals surface area contributed by atoms with Crippen molar-refractivity contribution in [1.82, 2.24) is 4.98 Å². The van der Waals surface area contributed by atoms with Gasteiger partial charge in [0, 0.05) is 15.3 Å². The van der Waals surface area contributed by atoms with E-state index in [4.69, 9.17) is 4.74 Å². The Balaban J connectivity index is 1.62. The lowest BCUT2D eigenvalue weighted by Gasteiger charge is -2.29. The smallest absolute Gasteiger partial charge is 0.305 e. The largest absolute Gasteiger partial charge is 0.497 e. The lowest BCUT2D eigenvalue weighted by molar-refractivity contribution is -0.122. The van der Waals surface area contributed by atoms with Crippen molar-refractivity contribution in [1.29, 1.82) is 0 Å². The number of nitrogens with zero attached hydrogens (tertiary/aromatic N) is 1. The normalized spacial score (nSPS) is 22.7. The van der Waals surface area contributed by atoms with Crippen LogP contribution < -0.4 is 14.5 Å². The van der Waals surface area contributed by atoms with Crippen LogP contribution in [0.5, 0.6) is 5.75 Å². The fraction of sp³-hybridized carbons (Fsp3) is 0.190. The number of hydrogen-bond acceptors (Lipinski definition) is 6. The highest BCUT2D eigenvalue weighted by Crippen LogP contribution is 2.53. The molecule has 152 valence electrons. The van der Waals surface area contributed by atoms with E-state index >= 15 is 0 Å². The number of carbonyl (C=O) groups excluding carboxylic acids is 2. The summed E-state index contributed by atoms with van der Waals surface area (Å²) in [6.45, 7) is 0. The Kier molecular flexibility index (Phi) is 4.83. The van der Waals surface area contributed by atoms with E-state index < -0.39 is 11.2 Å². The molecule has 3 heterocycles. The molecular formula is C21H15BrN2O4S2. The second kappa shape index (κ2) is 7.40. The number of thioether (sulfide) groups is 1. The number of fused-ring (bicyclic) bond motifs is 2. The van der Waals surface area contributed by atoms with Crippen LogP contribution in [-0.2, 0) is 9.59 Å². The summed E-state index contributed by atoms with van der Waals surface area (Å²) in [6, 6.07) is 14.6. The van der Waals surface area contributed by atoms with Gasteiger partial charge >= 0.3 is 4.87 Å². The molecule has 0 radical (unpaired) electrons. The maximum Gasteiger partial charge on any atom is 0.305 e. The number of ether oxygens (including phenoxy) is 1. The highest BCUT2D eigenvalue weighted by Gasteiger charge is 2.56. The van der Waals surface area contributed by atoms with Gasteiger partial charge in [-0.1, -0.05) is 51.2 Å². The maximum atomic E-state index is 13.5. The van der Waals surface area contributed by atoms with Crippen molar-refractivity contribution in [2.75, 3.05) is 12.0 Å². The summed E-state index contributed by atoms with van der Waals surface area (Å²) in [5, 5.41) is 0.0860. The Morgan fingerprint density at radius 2 is 1.70 bits per heavy atom. The Morgan fingerprint density at radius 3 is 2.37 bits per heavy atom. The average molecular weight is 503 g/mol. The van der Waals surface area contributed by atoms with Gasteiger partial charge < -0.3 is 9.72 Å². The second-order valence-electron chi connectivity index (χ2n) is 7.01. The zero-order valence-corrected chi connectivity index (χ0v) is 18.8. The first-order valence-electron chi connectivity index (χ1n) is 9.15. The number of anilines is 1. The van der Waals surface area contributed by atoms with Crippen molar-refractivity contribution < 1.29 is 14.3 Å². The molecule has 0 spiro atoms. The lowest BCUT2D eigenvalue weighted by atomic mass is 9.83. The third-order valence-electron chi connectivity index (χ3n) is 5.38. The molecular weight excluding hydrogens is 488 g/mol. The molecule has 0 aliphatic carbocycles. The SMILES string of the molecule is COc1ccc(N2C(=O)[C@H]3[C@H](c4ccc(Br)cc4)c4sc(=O)[nH]c4S[C@H]3C2=O)cc1. The van der Waals surface area contributed by atoms with Crippen LogP contribution in [0, 0.1) is 5.92 Å². The number of thiazole rings is 1. The number of carbonyl (C=O) groups is 2. The van der Waals surface area contributed by atoms with E-state index in [9.17, 15) is 14.4 Å². The number of amides is 2. The fourth-order valence-electron chi connectivity index (χ4n) is 4.03. The molecule has 0 bridgehead atoms. The van der Waals surface area contributed by atoms with Gasteiger partial charge in [-0.2, -0.15) is 0 Å². The molecule has 6 nitrogen and oxygen atoms in total. The van der Waals surface area contributed by atoms with E-state index in [0.717, 1.165) is 26.3 Å². The molecule has 3 aromatic rings. The molecule has 9 heteroatoms. The second-order valence-corrected chi connectivity index (χ2v) is 10.1. The Morgan fingerprint density at radius 1 is 1.00 bits per heavy atom. The van der Waals surface area contributed by atoms with Crippen molar-refractivity contribution in [3.63, 3.8) is 0 Å². The van der Waals surface area contributed by atoms with Crippen molar-refractivity contribution in [3.8, 4) is 5.75 Å². The quantitative estimate of drug-likeness (QED) is 0.547. The van der Waals surface area contributed by atoms with Crippen molar-refractivity contribution in [2.24, 2.45) is 5.92 Å². The number of benzene rings is 2. The number of aromatic amines is 1. The van der Waals surface area contributed by atoms with E-state index in [2.05, 4.69) is 20.9 Å². The van der Waals surface area contributed by atoms with Gasteiger partial charge in [0.2, 0.25) is 11.8 Å². The van der Waals surface area contributed by atoms with Gasteiger partial charge in [-0.15, -0.1) is 0 Å². The maximum absolute atomic E-state index is 13.5. The van der Waals surface area contributed by atoms with E-state index in [1.807, 2.05) is 24.3 Å². The molecule has 1 N–H and O–H groups in total. The number of rotatable bonds is 3. The predicted molar refractivity (Wildman–Crippen MR) is 120 cm³/mol. The minimum atomic E-state index is -0.592. The van der Waals surface area contributed by atoms with Crippen molar-refractivity contribution >= 4 is 56.5 Å². The topological polar surface area (TPSA) is 79.5 Å². The van der Waals surface area contributed by atoms with E-state index in [1.165, 1.54) is 16.7 Å². The van der Waals surface area contributed by atoms with Crippen LogP contribution in [-0.4, -0.2) is 29.2 Å². The first-order chi connectivity index (χ1) is 14.5. The van der Waals surface area contributed by atoms with Gasteiger partial charge in [-0.3, -0.25) is 14.4 Å². The molecule has 30 heavy (non-hydrogen) atoms. The third-order valence-corrected chi connectivity index (χ3v) is 8.31. The molecule has 1 fully saturated rings. The monoisotopic (exact) mass is 502 g/mol. The van der Waals surface area contributed by atoms with Gasteiger partial charge in [0.05, 0.1) is 23.7 Å². The minimum absolute atomic E-state index is 0.179. The standard InChI is InChI=1S/C21H15BrN2O4S2/c1-28-13-8-6-12(7-9-13)24-19(25)15-14(10-2-4-11(22)5-3-10)16-18(23-21(27)30-16)29-17(15)20(24)26/h2-9,14-15,17H,1H3,(H,23,27)/t14-,15-,17+/m0/s1. The Bertz CT molecular complexity index is 1200. The van der Waals surface area contributed by atoms with Crippen molar-refractivity contribution in [2.45, 2.75) is 16.2 Å². The van der Waals surface area contributed by atoms with Crippen LogP contribution in [0.4, 0.5) is 5.69 Å². The summed E-state index contributed by atoms with van der Waals surface area (Å²) in [7, 11) is 1.56. The first-order valence-corrected chi connectivity index (χ1v) is 11.6. The van der Waals surface area contributed by atoms with Gasteiger partial charge in [-0.25, -0.2) is 4.90 Å². The number of hydrogen-bond donors (Lipinski definition) is 1. The number of halogens is 1. The zero-order chi connectivity index (χ0) is 21.0. The molecule has 1 saturated heterocycles. The van der Waals surface area contributed by atoms with Crippen LogP contribution >= 0.6 is 39.0 Å².